The van der Waals surface area contributed by atoms with Crippen molar-refractivity contribution in [1.29, 1.82) is 0 Å². The molecular formula is C14H19NO4. The topological polar surface area (TPSA) is 59.0 Å². The fraction of sp³-hybridized carbons (Fsp3) is 0.500. The van der Waals surface area contributed by atoms with Crippen molar-refractivity contribution in [2.75, 3.05) is 26.8 Å². The maximum atomic E-state index is 11.0. The van der Waals surface area contributed by atoms with Gasteiger partial charge < -0.3 is 14.6 Å². The highest BCUT2D eigenvalue weighted by Gasteiger charge is 2.26. The van der Waals surface area contributed by atoms with Crippen molar-refractivity contribution in [3.05, 3.63) is 35.4 Å². The van der Waals surface area contributed by atoms with Crippen molar-refractivity contribution in [1.82, 2.24) is 4.90 Å². The molecule has 1 saturated heterocycles. The monoisotopic (exact) mass is 265 g/mol. The summed E-state index contributed by atoms with van der Waals surface area (Å²) in [5, 5.41) is 8.99. The summed E-state index contributed by atoms with van der Waals surface area (Å²) >= 11 is 0. The SMILES string of the molecule is COCc1ccccc1CN1CCOC(C(=O)O)C1. The van der Waals surface area contributed by atoms with Crippen LogP contribution in [0.5, 0.6) is 0 Å². The van der Waals surface area contributed by atoms with Crippen LogP contribution in [0.15, 0.2) is 24.3 Å². The van der Waals surface area contributed by atoms with Gasteiger partial charge in [0.1, 0.15) is 0 Å². The lowest BCUT2D eigenvalue weighted by molar-refractivity contribution is -0.156. The molecule has 0 saturated carbocycles. The van der Waals surface area contributed by atoms with Gasteiger partial charge in [-0.05, 0) is 11.1 Å². The number of benzene rings is 1. The molecule has 0 bridgehead atoms. The van der Waals surface area contributed by atoms with Crippen LogP contribution in [-0.4, -0.2) is 48.9 Å². The zero-order valence-corrected chi connectivity index (χ0v) is 11.0. The van der Waals surface area contributed by atoms with E-state index >= 15 is 0 Å². The minimum Gasteiger partial charge on any atom is -0.479 e. The van der Waals surface area contributed by atoms with Crippen molar-refractivity contribution >= 4 is 5.97 Å². The first kappa shape index (κ1) is 14.0. The van der Waals surface area contributed by atoms with Gasteiger partial charge in [-0.25, -0.2) is 4.79 Å². The normalized spacial score (nSPS) is 20.4. The van der Waals surface area contributed by atoms with E-state index in [1.54, 1.807) is 7.11 Å². The van der Waals surface area contributed by atoms with Gasteiger partial charge in [-0.3, -0.25) is 4.90 Å². The van der Waals surface area contributed by atoms with Gasteiger partial charge in [0.05, 0.1) is 13.2 Å². The van der Waals surface area contributed by atoms with E-state index in [1.165, 1.54) is 5.56 Å². The molecule has 1 aliphatic heterocycles. The van der Waals surface area contributed by atoms with Crippen LogP contribution in [0.3, 0.4) is 0 Å². The van der Waals surface area contributed by atoms with E-state index < -0.39 is 12.1 Å². The third-order valence-electron chi connectivity index (χ3n) is 3.24. The number of methoxy groups -OCH3 is 1. The number of hydrogen-bond acceptors (Lipinski definition) is 4. The Bertz CT molecular complexity index is 435. The van der Waals surface area contributed by atoms with Crippen LogP contribution in [-0.2, 0) is 27.4 Å². The number of rotatable bonds is 5. The van der Waals surface area contributed by atoms with Gasteiger partial charge in [0.15, 0.2) is 6.10 Å². The quantitative estimate of drug-likeness (QED) is 0.864. The fourth-order valence-corrected chi connectivity index (χ4v) is 2.24. The van der Waals surface area contributed by atoms with Gasteiger partial charge in [0, 0.05) is 26.7 Å². The smallest absolute Gasteiger partial charge is 0.334 e. The average Bonchev–Trinajstić information content (AvgIpc) is 2.41. The highest BCUT2D eigenvalue weighted by Crippen LogP contribution is 2.15. The Morgan fingerprint density at radius 3 is 2.89 bits per heavy atom. The molecule has 0 aromatic heterocycles. The summed E-state index contributed by atoms with van der Waals surface area (Å²) in [5.74, 6) is -0.894. The van der Waals surface area contributed by atoms with Gasteiger partial charge in [0.25, 0.3) is 0 Å². The Kier molecular flexibility index (Phi) is 4.90. The van der Waals surface area contributed by atoms with E-state index in [1.807, 2.05) is 18.2 Å². The van der Waals surface area contributed by atoms with Crippen molar-refractivity contribution in [3.8, 4) is 0 Å². The van der Waals surface area contributed by atoms with E-state index in [9.17, 15) is 4.79 Å². The number of aliphatic carboxylic acids is 1. The molecule has 1 N–H and O–H groups in total. The maximum absolute atomic E-state index is 11.0. The fourth-order valence-electron chi connectivity index (χ4n) is 2.24. The molecule has 5 heteroatoms. The third-order valence-corrected chi connectivity index (χ3v) is 3.24. The molecule has 1 heterocycles. The lowest BCUT2D eigenvalue weighted by Gasteiger charge is -2.31. The molecule has 0 aliphatic carbocycles. The molecule has 1 aromatic carbocycles. The second-order valence-electron chi connectivity index (χ2n) is 4.63. The highest BCUT2D eigenvalue weighted by atomic mass is 16.5. The summed E-state index contributed by atoms with van der Waals surface area (Å²) in [6.45, 7) is 2.95. The van der Waals surface area contributed by atoms with Gasteiger partial charge in [-0.2, -0.15) is 0 Å². The van der Waals surface area contributed by atoms with Crippen LogP contribution >= 0.6 is 0 Å². The Balaban J connectivity index is 2.02. The largest absolute Gasteiger partial charge is 0.479 e. The van der Waals surface area contributed by atoms with E-state index in [-0.39, 0.29) is 0 Å². The lowest BCUT2D eigenvalue weighted by atomic mass is 10.1. The Hall–Kier alpha value is -1.43. The Morgan fingerprint density at radius 1 is 1.47 bits per heavy atom. The van der Waals surface area contributed by atoms with Crippen molar-refractivity contribution < 1.29 is 19.4 Å². The predicted octanol–water partition coefficient (Wildman–Crippen LogP) is 1.12. The molecule has 19 heavy (non-hydrogen) atoms. The first-order valence-electron chi connectivity index (χ1n) is 6.33. The standard InChI is InChI=1S/C14H19NO4/c1-18-10-12-5-3-2-4-11(12)8-15-6-7-19-13(9-15)14(16)17/h2-5,13H,6-10H2,1H3,(H,16,17). The number of carbonyl (C=O) groups is 1. The number of hydrogen-bond donors (Lipinski definition) is 1. The number of ether oxygens (including phenoxy) is 2. The first-order valence-corrected chi connectivity index (χ1v) is 6.33. The van der Waals surface area contributed by atoms with Crippen molar-refractivity contribution in [2.24, 2.45) is 0 Å². The number of nitrogens with zero attached hydrogens (tertiary/aromatic N) is 1. The summed E-state index contributed by atoms with van der Waals surface area (Å²) in [6, 6.07) is 8.06. The molecule has 1 unspecified atom stereocenters. The molecule has 1 fully saturated rings. The summed E-state index contributed by atoms with van der Waals surface area (Å²) in [4.78, 5) is 13.1. The van der Waals surface area contributed by atoms with Gasteiger partial charge in [-0.15, -0.1) is 0 Å². The van der Waals surface area contributed by atoms with Gasteiger partial charge in [0.2, 0.25) is 0 Å². The average molecular weight is 265 g/mol. The van der Waals surface area contributed by atoms with Crippen LogP contribution < -0.4 is 0 Å². The van der Waals surface area contributed by atoms with Crippen molar-refractivity contribution in [2.45, 2.75) is 19.3 Å². The van der Waals surface area contributed by atoms with Crippen LogP contribution in [0.4, 0.5) is 0 Å². The summed E-state index contributed by atoms with van der Waals surface area (Å²) in [7, 11) is 1.67. The summed E-state index contributed by atoms with van der Waals surface area (Å²) in [6.07, 6.45) is -0.719. The zero-order chi connectivity index (χ0) is 13.7. The molecule has 1 aliphatic rings. The molecule has 1 aromatic rings. The summed E-state index contributed by atoms with van der Waals surface area (Å²) < 4.78 is 10.4. The number of morpholine rings is 1. The van der Waals surface area contributed by atoms with Crippen molar-refractivity contribution in [3.63, 3.8) is 0 Å². The molecule has 0 spiro atoms. The molecule has 1 atom stereocenters. The summed E-state index contributed by atoms with van der Waals surface area (Å²) in [5.41, 5.74) is 2.32. The number of carboxylic acid groups (broad SMARTS) is 1. The van der Waals surface area contributed by atoms with Crippen LogP contribution in [0.25, 0.3) is 0 Å². The van der Waals surface area contributed by atoms with Gasteiger partial charge >= 0.3 is 5.97 Å². The van der Waals surface area contributed by atoms with E-state index in [0.29, 0.717) is 19.8 Å². The predicted molar refractivity (Wildman–Crippen MR) is 69.8 cm³/mol. The Morgan fingerprint density at radius 2 is 2.21 bits per heavy atom. The van der Waals surface area contributed by atoms with E-state index in [2.05, 4.69) is 11.0 Å². The maximum Gasteiger partial charge on any atom is 0.334 e. The zero-order valence-electron chi connectivity index (χ0n) is 11.0. The molecule has 5 nitrogen and oxygen atoms in total. The van der Waals surface area contributed by atoms with E-state index in [0.717, 1.165) is 18.7 Å². The second kappa shape index (κ2) is 6.65. The second-order valence-corrected chi connectivity index (χ2v) is 4.63. The third kappa shape index (κ3) is 3.76. The lowest BCUT2D eigenvalue weighted by Crippen LogP contribution is -2.45. The number of carboxylic acids is 1. The van der Waals surface area contributed by atoms with Crippen LogP contribution in [0.2, 0.25) is 0 Å². The molecule has 2 rings (SSSR count). The molecule has 0 amide bonds. The molecule has 0 radical (unpaired) electrons. The first-order chi connectivity index (χ1) is 9.20. The minimum absolute atomic E-state index is 0.427. The molecular weight excluding hydrogens is 246 g/mol. The van der Waals surface area contributed by atoms with Crippen LogP contribution in [0, 0.1) is 0 Å². The van der Waals surface area contributed by atoms with Gasteiger partial charge in [-0.1, -0.05) is 24.3 Å². The highest BCUT2D eigenvalue weighted by molar-refractivity contribution is 5.72. The van der Waals surface area contributed by atoms with Crippen LogP contribution in [0.1, 0.15) is 11.1 Å². The Labute approximate surface area is 112 Å². The molecule has 104 valence electrons. The minimum atomic E-state index is -0.894. The van der Waals surface area contributed by atoms with E-state index in [4.69, 9.17) is 14.6 Å².